The Morgan fingerprint density at radius 1 is 0.316 bits per heavy atom. The van der Waals surface area contributed by atoms with E-state index in [0.717, 1.165) is 11.8 Å². The molecule has 6 aliphatic heterocycles. The third-order valence-electron chi connectivity index (χ3n) is 18.4. The summed E-state index contributed by atoms with van der Waals surface area (Å²) in [5.41, 5.74) is 23.4. The van der Waals surface area contributed by atoms with Crippen LogP contribution in [-0.2, 0) is 0 Å². The standard InChI is InChI=1S/C69H54B2N4S/c1-6-20-47(21-7-1)48-39-63-69-67(40-48)76(55-28-14-5-15-29-55)66-44-62-58(43-59(66)71(69)57-31-17-19-33-61(57)73(63)49-22-8-2-9-23-49)70-56-30-16-18-32-60(56)74(50-24-10-3-11-25-50)64-41-54(72-52-35-45-34-46(37-52)38-53(72)36-45)42-65(68(64)70)75(62)51-26-12-4-13-27-51/h1-33,39-46,52-53,76H,34-38H2. The predicted molar refractivity (Wildman–Crippen MR) is 322 cm³/mol. The van der Waals surface area contributed by atoms with Crippen LogP contribution >= 0.6 is 10.9 Å². The smallest absolute Gasteiger partial charge is 0.252 e. The van der Waals surface area contributed by atoms with E-state index in [4.69, 9.17) is 0 Å². The topological polar surface area (TPSA) is 13.0 Å². The fourth-order valence-electron chi connectivity index (χ4n) is 15.7. The van der Waals surface area contributed by atoms with Gasteiger partial charge in [0.25, 0.3) is 6.71 Å². The summed E-state index contributed by atoms with van der Waals surface area (Å²) in [4.78, 5) is 15.0. The molecule has 2 saturated heterocycles. The van der Waals surface area contributed by atoms with E-state index < -0.39 is 10.9 Å². The number of anilines is 10. The molecule has 4 fully saturated rings. The summed E-state index contributed by atoms with van der Waals surface area (Å²) in [5, 5.41) is 0. The molecular weight excluding hydrogens is 938 g/mol. The predicted octanol–water partition coefficient (Wildman–Crippen LogP) is 13.3. The molecule has 0 spiro atoms. The van der Waals surface area contributed by atoms with Gasteiger partial charge in [0.2, 0.25) is 6.71 Å². The second-order valence-corrected chi connectivity index (χ2v) is 24.6. The van der Waals surface area contributed by atoms with Crippen LogP contribution in [0.5, 0.6) is 0 Å². The zero-order valence-electron chi connectivity index (χ0n) is 42.3. The van der Waals surface area contributed by atoms with Crippen LogP contribution in [0.2, 0.25) is 0 Å². The van der Waals surface area contributed by atoms with Gasteiger partial charge in [0.15, 0.2) is 0 Å². The second kappa shape index (κ2) is 16.7. The van der Waals surface area contributed by atoms with Crippen molar-refractivity contribution in [2.24, 2.45) is 11.8 Å². The number of benzene rings is 10. The summed E-state index contributed by atoms with van der Waals surface area (Å²) >= 11 is 0. The molecule has 0 radical (unpaired) electrons. The Hall–Kier alpha value is -8.12. The normalized spacial score (nSPS) is 21.1. The van der Waals surface area contributed by atoms with E-state index in [1.807, 2.05) is 0 Å². The van der Waals surface area contributed by atoms with E-state index in [0.29, 0.717) is 12.1 Å². The first-order chi connectivity index (χ1) is 37.7. The molecule has 7 heteroatoms. The van der Waals surface area contributed by atoms with Crippen molar-refractivity contribution in [2.45, 2.75) is 58.9 Å². The molecule has 6 heterocycles. The number of fused-ring (bicyclic) bond motifs is 8. The van der Waals surface area contributed by atoms with Gasteiger partial charge in [-0.3, -0.25) is 0 Å². The number of nitrogens with zero attached hydrogens (tertiary/aromatic N) is 4. The van der Waals surface area contributed by atoms with E-state index in [9.17, 15) is 0 Å². The van der Waals surface area contributed by atoms with Gasteiger partial charge in [-0.15, -0.1) is 0 Å². The van der Waals surface area contributed by atoms with Crippen molar-refractivity contribution in [3.63, 3.8) is 0 Å². The van der Waals surface area contributed by atoms with Gasteiger partial charge >= 0.3 is 0 Å². The summed E-state index contributed by atoms with van der Waals surface area (Å²) in [7, 11) is -1.06. The second-order valence-electron chi connectivity index (χ2n) is 22.5. The van der Waals surface area contributed by atoms with Gasteiger partial charge in [-0.25, -0.2) is 0 Å². The fraction of sp³-hybridized carbons (Fsp3) is 0.130. The van der Waals surface area contributed by atoms with Crippen molar-refractivity contribution in [1.29, 1.82) is 0 Å². The SMILES string of the molecule is c1ccc(-c2cc3c4c(c2)[SH](c2ccccc2)c2cc5c(cc2B4c2ccccc2N3c2ccccc2)B2c3ccccc3N(c3ccccc3)c3cc(N4C6CC7CC(C6)CC4C7)cc(c32)N5c2ccccc2)cc1. The van der Waals surface area contributed by atoms with Crippen LogP contribution in [0, 0.1) is 11.8 Å². The molecule has 10 aromatic carbocycles. The minimum atomic E-state index is -1.06. The van der Waals surface area contributed by atoms with E-state index in [1.54, 1.807) is 0 Å². The maximum atomic E-state index is 2.92. The van der Waals surface area contributed by atoms with E-state index >= 15 is 0 Å². The molecule has 1 atom stereocenters. The quantitative estimate of drug-likeness (QED) is 0.132. The Kier molecular flexibility index (Phi) is 9.48. The maximum Gasteiger partial charge on any atom is 0.252 e. The van der Waals surface area contributed by atoms with Crippen LogP contribution in [0.25, 0.3) is 11.1 Å². The van der Waals surface area contributed by atoms with E-state index in [1.165, 1.54) is 148 Å². The summed E-state index contributed by atoms with van der Waals surface area (Å²) in [6, 6.07) is 91.8. The number of piperidine rings is 2. The highest BCUT2D eigenvalue weighted by molar-refractivity contribution is 8.17. The number of thiol groups is 1. The van der Waals surface area contributed by atoms with Crippen LogP contribution < -0.4 is 52.4 Å². The number of rotatable bonds is 6. The van der Waals surface area contributed by atoms with Gasteiger partial charge < -0.3 is 19.6 Å². The Morgan fingerprint density at radius 2 is 0.776 bits per heavy atom. The molecule has 362 valence electrons. The molecule has 76 heavy (non-hydrogen) atoms. The lowest BCUT2D eigenvalue weighted by Crippen LogP contribution is -2.65. The first-order valence-electron chi connectivity index (χ1n) is 27.7. The highest BCUT2D eigenvalue weighted by Gasteiger charge is 2.51. The minimum Gasteiger partial charge on any atom is -0.365 e. The van der Waals surface area contributed by atoms with Crippen LogP contribution in [0.1, 0.15) is 32.1 Å². The lowest BCUT2D eigenvalue weighted by molar-refractivity contribution is 0.0900. The molecule has 0 aromatic heterocycles. The number of hydrogen-bond acceptors (Lipinski definition) is 4. The van der Waals surface area contributed by atoms with Crippen LogP contribution in [0.3, 0.4) is 0 Å². The van der Waals surface area contributed by atoms with Crippen molar-refractivity contribution in [2.75, 3.05) is 19.6 Å². The number of hydrogen-bond donors (Lipinski definition) is 1. The van der Waals surface area contributed by atoms with Gasteiger partial charge in [0.05, 0.1) is 0 Å². The van der Waals surface area contributed by atoms with Crippen molar-refractivity contribution in [1.82, 2.24) is 0 Å². The molecule has 0 N–H and O–H groups in total. The van der Waals surface area contributed by atoms with Crippen molar-refractivity contribution in [3.8, 4) is 11.1 Å². The van der Waals surface area contributed by atoms with Gasteiger partial charge in [0, 0.05) is 69.0 Å². The Bertz CT molecular complexity index is 3920. The largest absolute Gasteiger partial charge is 0.365 e. The molecule has 4 nitrogen and oxygen atoms in total. The van der Waals surface area contributed by atoms with Crippen molar-refractivity contribution >= 4 is 114 Å². The average Bonchev–Trinajstić information content (AvgIpc) is 3.55. The van der Waals surface area contributed by atoms with Crippen LogP contribution in [-0.4, -0.2) is 25.5 Å². The molecule has 8 aliphatic rings. The summed E-state index contributed by atoms with van der Waals surface area (Å²) < 4.78 is 0. The molecule has 0 amide bonds. The molecular formula is C69H54B2N4S. The molecule has 18 rings (SSSR count). The first kappa shape index (κ1) is 43.2. The zero-order chi connectivity index (χ0) is 49.6. The average molecular weight is 993 g/mol. The van der Waals surface area contributed by atoms with Crippen LogP contribution in [0.4, 0.5) is 56.9 Å². The fourth-order valence-corrected chi connectivity index (χ4v) is 18.4. The molecule has 2 saturated carbocycles. The lowest BCUT2D eigenvalue weighted by atomic mass is 9.31. The maximum absolute atomic E-state index is 2.92. The number of para-hydroxylation sites is 5. The highest BCUT2D eigenvalue weighted by Crippen LogP contribution is 2.58. The zero-order valence-corrected chi connectivity index (χ0v) is 43.1. The molecule has 2 aliphatic carbocycles. The molecule has 10 aromatic rings. The first-order valence-corrected chi connectivity index (χ1v) is 29.0. The highest BCUT2D eigenvalue weighted by atomic mass is 32.2. The molecule has 1 unspecified atom stereocenters. The Labute approximate surface area is 449 Å². The Morgan fingerprint density at radius 3 is 1.33 bits per heavy atom. The van der Waals surface area contributed by atoms with Gasteiger partial charge in [-0.1, -0.05) is 151 Å². The van der Waals surface area contributed by atoms with Crippen molar-refractivity contribution in [3.05, 3.63) is 237 Å². The monoisotopic (exact) mass is 992 g/mol. The Balaban J connectivity index is 0.981. The van der Waals surface area contributed by atoms with Crippen molar-refractivity contribution < 1.29 is 0 Å². The van der Waals surface area contributed by atoms with E-state index in [2.05, 4.69) is 256 Å². The van der Waals surface area contributed by atoms with Gasteiger partial charge in [-0.2, -0.15) is 10.9 Å². The third-order valence-corrected chi connectivity index (χ3v) is 20.9. The van der Waals surface area contributed by atoms with E-state index in [-0.39, 0.29) is 13.4 Å². The summed E-state index contributed by atoms with van der Waals surface area (Å²) in [6.45, 7) is -0.000514. The van der Waals surface area contributed by atoms with Gasteiger partial charge in [0.1, 0.15) is 0 Å². The molecule has 4 bridgehead atoms. The minimum absolute atomic E-state index is 0.00606. The summed E-state index contributed by atoms with van der Waals surface area (Å²) in [6.07, 6.45) is 6.70. The summed E-state index contributed by atoms with van der Waals surface area (Å²) in [5.74, 6) is 1.74. The lowest BCUT2D eigenvalue weighted by Gasteiger charge is -2.58. The van der Waals surface area contributed by atoms with Gasteiger partial charge in [-0.05, 0) is 188 Å². The van der Waals surface area contributed by atoms with Crippen LogP contribution in [0.15, 0.2) is 251 Å². The third kappa shape index (κ3) is 6.30.